The summed E-state index contributed by atoms with van der Waals surface area (Å²) in [6.45, 7) is 0. The minimum Gasteiger partial charge on any atom is -0.309 e. The number of hydrogen-bond acceptors (Lipinski definition) is 2. The summed E-state index contributed by atoms with van der Waals surface area (Å²) in [5, 5.41) is -2.85. The van der Waals surface area contributed by atoms with Crippen LogP contribution in [0.2, 0.25) is 0 Å². The van der Waals surface area contributed by atoms with Crippen LogP contribution in [0.4, 0.5) is 17.1 Å². The number of benzene rings is 10. The Hall–Kier alpha value is -7.98. The van der Waals surface area contributed by atoms with Gasteiger partial charge in [-0.25, -0.2) is 0 Å². The molecule has 296 valence electrons. The van der Waals surface area contributed by atoms with Crippen molar-refractivity contribution < 1.29 is 54.8 Å². The van der Waals surface area contributed by atoms with Gasteiger partial charge in [-0.1, -0.05) is 181 Å². The molecule has 0 atom stereocenters. The van der Waals surface area contributed by atoms with Crippen LogP contribution in [-0.4, -0.2) is 4.57 Å². The molecule has 0 saturated carbocycles. The van der Waals surface area contributed by atoms with E-state index in [1.807, 2.05) is 0 Å². The second-order valence-corrected chi connectivity index (χ2v) is 14.0. The van der Waals surface area contributed by atoms with Gasteiger partial charge in [-0.15, -0.1) is 11.3 Å². The van der Waals surface area contributed by atoms with Crippen LogP contribution in [0.1, 0.15) is 54.8 Å². The molecule has 2 aromatic heterocycles. The van der Waals surface area contributed by atoms with Gasteiger partial charge in [0.25, 0.3) is 0 Å². The minimum absolute atomic E-state index is 0.266. The Labute approximate surface area is 427 Å². The van der Waals surface area contributed by atoms with E-state index in [2.05, 4.69) is 0 Å². The van der Waals surface area contributed by atoms with Crippen molar-refractivity contribution in [1.82, 2.24) is 4.57 Å². The average Bonchev–Trinajstić information content (AvgIpc) is 1.62. The van der Waals surface area contributed by atoms with Crippen molar-refractivity contribution in [1.29, 1.82) is 0 Å². The second kappa shape index (κ2) is 15.5. The average molecular weight is 861 g/mol. The smallest absolute Gasteiger partial charge is 0.0651 e. The third-order valence-corrected chi connectivity index (χ3v) is 10.7. The van der Waals surface area contributed by atoms with Crippen LogP contribution >= 0.6 is 11.3 Å². The highest BCUT2D eigenvalue weighted by Gasteiger charge is 2.24. The molecule has 2 nitrogen and oxygen atoms in total. The Morgan fingerprint density at radius 3 is 1.57 bits per heavy atom. The number of rotatable bonds is 8. The van der Waals surface area contributed by atoms with Crippen molar-refractivity contribution in [2.45, 2.75) is 0 Å². The number of aromatic nitrogens is 1. The van der Waals surface area contributed by atoms with E-state index in [1.54, 1.807) is 0 Å². The van der Waals surface area contributed by atoms with Gasteiger partial charge in [0.2, 0.25) is 0 Å². The predicted octanol–water partition coefficient (Wildman–Crippen LogP) is 17.3. The molecule has 0 saturated heterocycles. The third kappa shape index (κ3) is 6.41. The van der Waals surface area contributed by atoms with Gasteiger partial charge in [-0.05, 0) is 99.4 Å². The van der Waals surface area contributed by atoms with Gasteiger partial charge >= 0.3 is 0 Å². The van der Waals surface area contributed by atoms with E-state index in [0.29, 0.717) is 9.47 Å². The van der Waals surface area contributed by atoms with Crippen LogP contribution in [-0.2, 0) is 0 Å². The second-order valence-electron chi connectivity index (χ2n) is 13.0. The van der Waals surface area contributed by atoms with E-state index < -0.39 is 351 Å². The number of hydrogen-bond donors (Lipinski definition) is 0. The van der Waals surface area contributed by atoms with Crippen LogP contribution in [0.3, 0.4) is 0 Å². The molecule has 0 unspecified atom stereocenters. The Balaban J connectivity index is 1.38. The van der Waals surface area contributed by atoms with Crippen LogP contribution in [0.5, 0.6) is 0 Å². The molecule has 3 heteroatoms. The normalized spacial score (nSPS) is 20.4. The monoisotopic (exact) mass is 861 g/mol. The fourth-order valence-corrected chi connectivity index (χ4v) is 8.02. The Kier molecular flexibility index (Phi) is 3.51. The van der Waals surface area contributed by atoms with Gasteiger partial charge in [0.05, 0.1) is 77.2 Å². The molecule has 63 heavy (non-hydrogen) atoms. The summed E-state index contributed by atoms with van der Waals surface area (Å²) < 4.78 is 369. The molecule has 0 N–H and O–H groups in total. The Bertz CT molecular complexity index is 5820. The van der Waals surface area contributed by atoms with Crippen LogP contribution in [0.25, 0.3) is 92.2 Å². The van der Waals surface area contributed by atoms with Crippen LogP contribution in [0, 0.1) is 0 Å². The van der Waals surface area contributed by atoms with E-state index in [4.69, 9.17) is 28.8 Å². The first kappa shape index (κ1) is 14.3. The number of fused-ring (bicyclic) bond motifs is 6. The van der Waals surface area contributed by atoms with E-state index in [0.717, 1.165) is 0 Å². The maximum Gasteiger partial charge on any atom is 0.0651 e. The summed E-state index contributed by atoms with van der Waals surface area (Å²) in [5.41, 5.74) is -14.9. The fourth-order valence-electron chi connectivity index (χ4n) is 6.90. The summed E-state index contributed by atoms with van der Waals surface area (Å²) in [7, 11) is 0. The zero-order valence-electron chi connectivity index (χ0n) is 71.3. The summed E-state index contributed by atoms with van der Waals surface area (Å²) >= 11 is 0.266. The zero-order valence-corrected chi connectivity index (χ0v) is 32.1. The standard InChI is InChI=1S/C60H40N2S/c1-4-17-41(18-5-1)43-31-34-47(35-32-43)61(56-37-33-45(42-19-6-2-7-20-42)40-53(56)44-21-8-3-9-22-44)57-38-36-49(60-59(57)52-27-12-15-30-58(52)63-60)46-23-16-24-48(39-46)62-54-28-13-10-25-50(54)51-26-11-14-29-55(51)62/h1-40H/i1D,2D,3D,4D,5D,6D,7D,8D,9D,10D,11D,12D,13D,14D,15D,16D,17D,18D,19D,20D,21D,22D,23D,24D,25D,26D,27D,28D,29D,30D,31D,32D,33D,34D,35D,36D,37D,38D,39D,40D. The first-order valence-corrected chi connectivity index (χ1v) is 19.1. The van der Waals surface area contributed by atoms with Crippen LogP contribution in [0.15, 0.2) is 242 Å². The van der Waals surface area contributed by atoms with Gasteiger partial charge in [-0.3, -0.25) is 0 Å². The molecular weight excluding hydrogens is 781 g/mol. The number of anilines is 3. The largest absolute Gasteiger partial charge is 0.309 e. The summed E-state index contributed by atoms with van der Waals surface area (Å²) in [5.74, 6) is 0. The lowest BCUT2D eigenvalue weighted by Crippen LogP contribution is -2.12. The molecule has 2 heterocycles. The van der Waals surface area contributed by atoms with Crippen LogP contribution < -0.4 is 4.90 Å². The Morgan fingerprint density at radius 2 is 0.889 bits per heavy atom. The molecule has 0 aliphatic rings. The third-order valence-electron chi connectivity index (χ3n) is 9.55. The molecule has 0 spiro atoms. The van der Waals surface area contributed by atoms with Crippen molar-refractivity contribution in [3.05, 3.63) is 242 Å². The zero-order chi connectivity index (χ0) is 76.5. The lowest BCUT2D eigenvalue weighted by Gasteiger charge is -2.30. The van der Waals surface area contributed by atoms with Gasteiger partial charge in [0.15, 0.2) is 0 Å². The van der Waals surface area contributed by atoms with Gasteiger partial charge in [-0.2, -0.15) is 0 Å². The fraction of sp³-hybridized carbons (Fsp3) is 0. The predicted molar refractivity (Wildman–Crippen MR) is 270 cm³/mol. The summed E-state index contributed by atoms with van der Waals surface area (Å²) in [6.07, 6.45) is 0. The first-order valence-electron chi connectivity index (χ1n) is 38.2. The van der Waals surface area contributed by atoms with Crippen molar-refractivity contribution >= 4 is 70.4 Å². The molecule has 0 bridgehead atoms. The summed E-state index contributed by atoms with van der Waals surface area (Å²) in [4.78, 5) is 0.294. The van der Waals surface area contributed by atoms with Crippen molar-refractivity contribution in [3.8, 4) is 50.2 Å². The van der Waals surface area contributed by atoms with Gasteiger partial charge < -0.3 is 9.47 Å². The maximum absolute atomic E-state index is 10.5. The SMILES string of the molecule is [2H]c1c([2H])c([2H])c(-c2c([2H])c([2H])c(N(c3c([2H])c([2H])c(-c4c([2H])c([2H])c([2H])c([2H])c4[2H])c([2H])c3-c3c([2H])c([2H])c([2H])c([2H])c3[2H])c3c([2H])c([2H])c(-c4c([2H])c([2H])c([2H])c(-n5c6c([2H])c([2H])c([2H])c([2H])c6c6c([2H])c([2H])c([2H])c([2H])c65)c4[2H])c4sc5c([2H])c([2H])c([2H])c([2H])c5c34)c([2H])c2[2H])c([2H])c1[2H]. The quantitative estimate of drug-likeness (QED) is 0.148. The van der Waals surface area contributed by atoms with Gasteiger partial charge in [0, 0.05) is 47.9 Å². The first-order chi connectivity index (χ1) is 47.9. The van der Waals surface area contributed by atoms with E-state index >= 15 is 0 Å². The van der Waals surface area contributed by atoms with Crippen molar-refractivity contribution in [2.24, 2.45) is 0 Å². The lowest BCUT2D eigenvalue weighted by atomic mass is 9.95. The van der Waals surface area contributed by atoms with E-state index in [-0.39, 0.29) is 11.3 Å². The molecule has 12 aromatic rings. The highest BCUT2D eigenvalue weighted by Crippen LogP contribution is 2.51. The molecule has 0 radical (unpaired) electrons. The molecular formula is C60H40N2S. The van der Waals surface area contributed by atoms with Crippen molar-refractivity contribution in [2.75, 3.05) is 4.90 Å². The highest BCUT2D eigenvalue weighted by molar-refractivity contribution is 7.26. The number of thiophene rings is 1. The highest BCUT2D eigenvalue weighted by atomic mass is 32.1. The molecule has 0 amide bonds. The molecule has 10 aromatic carbocycles. The number of para-hydroxylation sites is 2. The minimum atomic E-state index is -1.49. The molecule has 0 aliphatic heterocycles. The topological polar surface area (TPSA) is 8.17 Å². The number of nitrogens with zero attached hydrogens (tertiary/aromatic N) is 2. The van der Waals surface area contributed by atoms with E-state index in [1.165, 1.54) is 0 Å². The van der Waals surface area contributed by atoms with Gasteiger partial charge in [0.1, 0.15) is 0 Å². The van der Waals surface area contributed by atoms with Crippen molar-refractivity contribution in [3.63, 3.8) is 0 Å². The van der Waals surface area contributed by atoms with E-state index in [9.17, 15) is 26.0 Å². The maximum atomic E-state index is 10.5. The Morgan fingerprint density at radius 1 is 0.365 bits per heavy atom. The molecule has 0 aliphatic carbocycles. The molecule has 12 rings (SSSR count). The molecule has 0 fully saturated rings. The lowest BCUT2D eigenvalue weighted by molar-refractivity contribution is 1.18. The summed E-state index contributed by atoms with van der Waals surface area (Å²) in [6, 6.07) is -45.9.